The average Bonchev–Trinajstić information content (AvgIpc) is 2.87. The predicted octanol–water partition coefficient (Wildman–Crippen LogP) is 3.32. The summed E-state index contributed by atoms with van der Waals surface area (Å²) in [6, 6.07) is 7.80. The molecule has 0 saturated carbocycles. The van der Waals surface area contributed by atoms with Crippen molar-refractivity contribution in [2.45, 2.75) is 23.9 Å². The minimum atomic E-state index is -4.84. The number of halogens is 3. The molecule has 1 aliphatic rings. The first-order valence-electron chi connectivity index (χ1n) is 10.7. The van der Waals surface area contributed by atoms with Crippen LogP contribution < -0.4 is 5.32 Å². The van der Waals surface area contributed by atoms with E-state index in [-0.39, 0.29) is 42.7 Å². The zero-order chi connectivity index (χ0) is 26.7. The van der Waals surface area contributed by atoms with Crippen molar-refractivity contribution in [3.63, 3.8) is 0 Å². The van der Waals surface area contributed by atoms with Gasteiger partial charge in [0.15, 0.2) is 0 Å². The van der Waals surface area contributed by atoms with Crippen molar-refractivity contribution >= 4 is 33.6 Å². The Kier molecular flexibility index (Phi) is 8.04. The number of nitrogens with zero attached hydrogens (tertiary/aromatic N) is 1. The van der Waals surface area contributed by atoms with Gasteiger partial charge in [0.1, 0.15) is 0 Å². The minimum absolute atomic E-state index is 0.0000531. The third-order valence-corrected chi connectivity index (χ3v) is 7.63. The molecule has 0 radical (unpaired) electrons. The van der Waals surface area contributed by atoms with E-state index in [2.05, 4.69) is 14.8 Å². The molecule has 0 aromatic heterocycles. The van der Waals surface area contributed by atoms with Crippen LogP contribution in [-0.4, -0.2) is 57.9 Å². The maximum Gasteiger partial charge on any atom is 0.417 e. The normalized spacial score (nSPS) is 15.2. The highest BCUT2D eigenvalue weighted by Gasteiger charge is 2.40. The van der Waals surface area contributed by atoms with Gasteiger partial charge in [0, 0.05) is 24.7 Å². The molecule has 1 amide bonds. The van der Waals surface area contributed by atoms with Gasteiger partial charge in [-0.1, -0.05) is 12.1 Å². The molecule has 9 nitrogen and oxygen atoms in total. The lowest BCUT2D eigenvalue weighted by Crippen LogP contribution is -2.41. The molecule has 0 aliphatic carbocycles. The van der Waals surface area contributed by atoms with Gasteiger partial charge in [-0.05, 0) is 43.2 Å². The van der Waals surface area contributed by atoms with E-state index in [1.54, 1.807) is 0 Å². The standard InChI is InChI=1S/C23H23F3N2O7S/c1-34-21(30)15-11-16(22(31)35-2)13-17(12-15)27-20(29)14-7-9-28(10-8-14)36(32,33)19-6-4-3-5-18(19)23(24,25)26/h3-6,11-14H,7-10H2,1-2H3,(H,27,29). The van der Waals surface area contributed by atoms with Gasteiger partial charge in [0.05, 0.1) is 35.8 Å². The lowest BCUT2D eigenvalue weighted by Gasteiger charge is -2.31. The van der Waals surface area contributed by atoms with Crippen LogP contribution in [0.1, 0.15) is 39.1 Å². The van der Waals surface area contributed by atoms with Crippen LogP contribution in [0.4, 0.5) is 18.9 Å². The van der Waals surface area contributed by atoms with E-state index in [0.717, 1.165) is 30.7 Å². The molecular formula is C23H23F3N2O7S. The Bertz CT molecular complexity index is 1240. The van der Waals surface area contributed by atoms with Gasteiger partial charge in [-0.25, -0.2) is 18.0 Å². The van der Waals surface area contributed by atoms with Gasteiger partial charge < -0.3 is 14.8 Å². The Hall–Kier alpha value is -3.45. The number of nitrogens with one attached hydrogen (secondary N) is 1. The zero-order valence-electron chi connectivity index (χ0n) is 19.3. The lowest BCUT2D eigenvalue weighted by molar-refractivity contribution is -0.139. The second kappa shape index (κ2) is 10.7. The fourth-order valence-corrected chi connectivity index (χ4v) is 5.52. The number of alkyl halides is 3. The summed E-state index contributed by atoms with van der Waals surface area (Å²) in [5, 5.41) is 2.59. The van der Waals surface area contributed by atoms with Gasteiger partial charge in [-0.15, -0.1) is 0 Å². The molecule has 1 N–H and O–H groups in total. The molecule has 2 aromatic rings. The molecule has 0 atom stereocenters. The Labute approximate surface area is 205 Å². The second-order valence-corrected chi connectivity index (χ2v) is 9.85. The molecular weight excluding hydrogens is 505 g/mol. The van der Waals surface area contributed by atoms with E-state index in [4.69, 9.17) is 0 Å². The molecule has 1 saturated heterocycles. The number of hydrogen-bond acceptors (Lipinski definition) is 7. The summed E-state index contributed by atoms with van der Waals surface area (Å²) >= 11 is 0. The summed E-state index contributed by atoms with van der Waals surface area (Å²) in [5.74, 6) is -2.64. The third kappa shape index (κ3) is 5.85. The van der Waals surface area contributed by atoms with Crippen LogP contribution in [-0.2, 0) is 30.5 Å². The topological polar surface area (TPSA) is 119 Å². The SMILES string of the molecule is COC(=O)c1cc(NC(=O)C2CCN(S(=O)(=O)c3ccccc3C(F)(F)F)CC2)cc(C(=O)OC)c1. The van der Waals surface area contributed by atoms with Crippen LogP contribution in [0.5, 0.6) is 0 Å². The summed E-state index contributed by atoms with van der Waals surface area (Å²) < 4.78 is 76.1. The van der Waals surface area contributed by atoms with Crippen LogP contribution in [0.2, 0.25) is 0 Å². The number of ether oxygens (including phenoxy) is 2. The molecule has 0 bridgehead atoms. The quantitative estimate of drug-likeness (QED) is 0.572. The molecule has 194 valence electrons. The van der Waals surface area contributed by atoms with Gasteiger partial charge in [-0.2, -0.15) is 17.5 Å². The van der Waals surface area contributed by atoms with Crippen LogP contribution >= 0.6 is 0 Å². The van der Waals surface area contributed by atoms with Crippen molar-refractivity contribution in [2.75, 3.05) is 32.6 Å². The van der Waals surface area contributed by atoms with Crippen molar-refractivity contribution in [3.05, 3.63) is 59.2 Å². The van der Waals surface area contributed by atoms with Crippen LogP contribution in [0.3, 0.4) is 0 Å². The van der Waals surface area contributed by atoms with Crippen LogP contribution in [0.25, 0.3) is 0 Å². The number of benzene rings is 2. The molecule has 1 aliphatic heterocycles. The summed E-state index contributed by atoms with van der Waals surface area (Å²) in [7, 11) is -2.13. The third-order valence-electron chi connectivity index (χ3n) is 5.68. The number of esters is 2. The predicted molar refractivity (Wildman–Crippen MR) is 121 cm³/mol. The monoisotopic (exact) mass is 528 g/mol. The van der Waals surface area contributed by atoms with Crippen molar-refractivity contribution in [2.24, 2.45) is 5.92 Å². The number of piperidine rings is 1. The largest absolute Gasteiger partial charge is 0.465 e. The highest BCUT2D eigenvalue weighted by molar-refractivity contribution is 7.89. The van der Waals surface area contributed by atoms with E-state index in [9.17, 15) is 36.0 Å². The molecule has 3 rings (SSSR count). The van der Waals surface area contributed by atoms with E-state index in [1.165, 1.54) is 24.3 Å². The number of methoxy groups -OCH3 is 2. The maximum atomic E-state index is 13.3. The highest BCUT2D eigenvalue weighted by Crippen LogP contribution is 2.36. The number of hydrogen-bond donors (Lipinski definition) is 1. The van der Waals surface area contributed by atoms with Crippen molar-refractivity contribution in [1.82, 2.24) is 4.31 Å². The number of carbonyl (C=O) groups excluding carboxylic acids is 3. The van der Waals surface area contributed by atoms with Gasteiger partial charge in [0.25, 0.3) is 0 Å². The smallest absolute Gasteiger partial charge is 0.417 e. The zero-order valence-corrected chi connectivity index (χ0v) is 20.1. The Morgan fingerprint density at radius 1 is 0.944 bits per heavy atom. The van der Waals surface area contributed by atoms with Crippen molar-refractivity contribution in [1.29, 1.82) is 0 Å². The van der Waals surface area contributed by atoms with Gasteiger partial charge in [0.2, 0.25) is 15.9 Å². The number of carbonyl (C=O) groups is 3. The van der Waals surface area contributed by atoms with Gasteiger partial charge in [-0.3, -0.25) is 4.79 Å². The molecule has 2 aromatic carbocycles. The fourth-order valence-electron chi connectivity index (χ4n) is 3.84. The van der Waals surface area contributed by atoms with E-state index >= 15 is 0 Å². The molecule has 1 fully saturated rings. The number of anilines is 1. The van der Waals surface area contributed by atoms with Crippen molar-refractivity contribution < 1.29 is 45.4 Å². The Morgan fingerprint density at radius 2 is 1.47 bits per heavy atom. The van der Waals surface area contributed by atoms with Crippen LogP contribution in [0, 0.1) is 5.92 Å². The van der Waals surface area contributed by atoms with Crippen LogP contribution in [0.15, 0.2) is 47.4 Å². The number of sulfonamides is 1. The van der Waals surface area contributed by atoms with Crippen molar-refractivity contribution in [3.8, 4) is 0 Å². The molecule has 0 spiro atoms. The number of amides is 1. The van der Waals surface area contributed by atoms with Gasteiger partial charge >= 0.3 is 18.1 Å². The molecule has 13 heteroatoms. The van der Waals surface area contributed by atoms with E-state index < -0.39 is 50.4 Å². The minimum Gasteiger partial charge on any atom is -0.465 e. The molecule has 36 heavy (non-hydrogen) atoms. The average molecular weight is 529 g/mol. The highest BCUT2D eigenvalue weighted by atomic mass is 32.2. The number of rotatable bonds is 6. The summed E-state index contributed by atoms with van der Waals surface area (Å²) in [5.41, 5.74) is -1.13. The first-order chi connectivity index (χ1) is 16.9. The summed E-state index contributed by atoms with van der Waals surface area (Å²) in [4.78, 5) is 35.8. The Morgan fingerprint density at radius 3 is 1.97 bits per heavy atom. The second-order valence-electron chi connectivity index (χ2n) is 7.94. The van der Waals surface area contributed by atoms with E-state index in [0.29, 0.717) is 6.07 Å². The molecule has 1 heterocycles. The summed E-state index contributed by atoms with van der Waals surface area (Å²) in [6.07, 6.45) is -4.73. The fraction of sp³-hybridized carbons (Fsp3) is 0.348. The first kappa shape index (κ1) is 27.1. The van der Waals surface area contributed by atoms with E-state index in [1.807, 2.05) is 0 Å². The Balaban J connectivity index is 1.74. The lowest BCUT2D eigenvalue weighted by atomic mass is 9.97. The molecule has 0 unspecified atom stereocenters. The first-order valence-corrected chi connectivity index (χ1v) is 12.1. The maximum absolute atomic E-state index is 13.3. The summed E-state index contributed by atoms with van der Waals surface area (Å²) in [6.45, 7) is -0.329.